The van der Waals surface area contributed by atoms with Crippen molar-refractivity contribution in [1.29, 1.82) is 0 Å². The third-order valence-corrected chi connectivity index (χ3v) is 6.48. The van der Waals surface area contributed by atoms with Crippen molar-refractivity contribution in [1.82, 2.24) is 14.5 Å². The quantitative estimate of drug-likeness (QED) is 0.221. The number of nitrogens with zero attached hydrogens (tertiary/aromatic N) is 3. The Labute approximate surface area is 175 Å². The number of unbranched alkanes of at least 4 members (excludes halogenated alkanes) is 1. The van der Waals surface area contributed by atoms with E-state index >= 15 is 0 Å². The molecule has 0 aliphatic rings. The Hall–Kier alpha value is -2.45. The van der Waals surface area contributed by atoms with Crippen LogP contribution in [0, 0.1) is 5.82 Å². The lowest BCUT2D eigenvalue weighted by atomic mass is 10.3. The fourth-order valence-corrected chi connectivity index (χ4v) is 4.85. The summed E-state index contributed by atoms with van der Waals surface area (Å²) in [6.45, 7) is 3.18. The van der Waals surface area contributed by atoms with Crippen LogP contribution < -0.4 is 10.3 Å². The summed E-state index contributed by atoms with van der Waals surface area (Å²) < 4.78 is 21.1. The van der Waals surface area contributed by atoms with Gasteiger partial charge in [0.25, 0.3) is 5.56 Å². The average molecular weight is 430 g/mol. The van der Waals surface area contributed by atoms with Crippen LogP contribution in [-0.2, 0) is 6.54 Å². The molecule has 8 heteroatoms. The molecular formula is C21H20FN3O2S2. The monoisotopic (exact) mass is 429 g/mol. The smallest absolute Gasteiger partial charge is 0.272 e. The normalized spacial score (nSPS) is 11.4. The van der Waals surface area contributed by atoms with Crippen molar-refractivity contribution in [3.8, 4) is 5.75 Å². The molecule has 0 bridgehead atoms. The van der Waals surface area contributed by atoms with Gasteiger partial charge >= 0.3 is 0 Å². The van der Waals surface area contributed by atoms with Crippen LogP contribution in [0.5, 0.6) is 5.75 Å². The Bertz CT molecular complexity index is 1190. The van der Waals surface area contributed by atoms with Crippen LogP contribution >= 0.6 is 23.1 Å². The SMILES string of the molecule is CCCCn1c(SCCOc2ccc(F)cc2)nc2c(sc3ncccc32)c1=O. The number of rotatable bonds is 8. The molecule has 0 N–H and O–H groups in total. The predicted octanol–water partition coefficient (Wildman–Crippen LogP) is 5.12. The van der Waals surface area contributed by atoms with Gasteiger partial charge in [-0.1, -0.05) is 25.1 Å². The van der Waals surface area contributed by atoms with Crippen LogP contribution in [0.15, 0.2) is 52.5 Å². The second-order valence-corrected chi connectivity index (χ2v) is 8.55. The van der Waals surface area contributed by atoms with Crippen LogP contribution in [0.25, 0.3) is 20.4 Å². The Morgan fingerprint density at radius 3 is 2.86 bits per heavy atom. The van der Waals surface area contributed by atoms with Gasteiger partial charge in [-0.3, -0.25) is 9.36 Å². The summed E-state index contributed by atoms with van der Waals surface area (Å²) in [6, 6.07) is 9.77. The molecule has 0 radical (unpaired) electrons. The number of aromatic nitrogens is 3. The van der Waals surface area contributed by atoms with Crippen LogP contribution in [0.4, 0.5) is 4.39 Å². The van der Waals surface area contributed by atoms with E-state index in [0.29, 0.717) is 34.5 Å². The van der Waals surface area contributed by atoms with E-state index in [9.17, 15) is 9.18 Å². The first-order chi connectivity index (χ1) is 14.2. The van der Waals surface area contributed by atoms with E-state index in [1.807, 2.05) is 12.1 Å². The fraction of sp³-hybridized carbons (Fsp3) is 0.286. The van der Waals surface area contributed by atoms with E-state index in [1.165, 1.54) is 35.2 Å². The Balaban J connectivity index is 1.59. The van der Waals surface area contributed by atoms with Gasteiger partial charge in [-0.2, -0.15) is 0 Å². The van der Waals surface area contributed by atoms with Gasteiger partial charge in [-0.05, 0) is 42.8 Å². The molecule has 3 heterocycles. The van der Waals surface area contributed by atoms with Gasteiger partial charge in [0.15, 0.2) is 5.16 Å². The molecule has 0 aliphatic carbocycles. The largest absolute Gasteiger partial charge is 0.493 e. The molecule has 3 aromatic heterocycles. The maximum Gasteiger partial charge on any atom is 0.272 e. The number of hydrogen-bond acceptors (Lipinski definition) is 6. The molecule has 0 unspecified atom stereocenters. The molecule has 5 nitrogen and oxygen atoms in total. The lowest BCUT2D eigenvalue weighted by Crippen LogP contribution is -2.23. The minimum absolute atomic E-state index is 0.00611. The summed E-state index contributed by atoms with van der Waals surface area (Å²) in [5.41, 5.74) is 0.714. The van der Waals surface area contributed by atoms with E-state index in [-0.39, 0.29) is 11.4 Å². The Morgan fingerprint density at radius 1 is 1.24 bits per heavy atom. The zero-order chi connectivity index (χ0) is 20.2. The first-order valence-electron chi connectivity index (χ1n) is 9.46. The molecule has 0 fully saturated rings. The highest BCUT2D eigenvalue weighted by Crippen LogP contribution is 2.30. The van der Waals surface area contributed by atoms with E-state index in [0.717, 1.165) is 28.6 Å². The summed E-state index contributed by atoms with van der Waals surface area (Å²) in [5.74, 6) is 0.956. The minimum Gasteiger partial charge on any atom is -0.493 e. The highest BCUT2D eigenvalue weighted by molar-refractivity contribution is 7.99. The zero-order valence-electron chi connectivity index (χ0n) is 15.9. The topological polar surface area (TPSA) is 57.0 Å². The first-order valence-corrected chi connectivity index (χ1v) is 11.3. The van der Waals surface area contributed by atoms with E-state index in [1.54, 1.807) is 22.9 Å². The third kappa shape index (κ3) is 4.28. The fourth-order valence-electron chi connectivity index (χ4n) is 2.99. The van der Waals surface area contributed by atoms with E-state index in [2.05, 4.69) is 11.9 Å². The summed E-state index contributed by atoms with van der Waals surface area (Å²) in [4.78, 5) is 23.2. The predicted molar refractivity (Wildman–Crippen MR) is 117 cm³/mol. The van der Waals surface area contributed by atoms with Crippen molar-refractivity contribution in [3.05, 3.63) is 58.8 Å². The van der Waals surface area contributed by atoms with Crippen molar-refractivity contribution < 1.29 is 9.13 Å². The minimum atomic E-state index is -0.290. The zero-order valence-corrected chi connectivity index (χ0v) is 17.6. The molecule has 4 aromatic rings. The number of fused-ring (bicyclic) bond motifs is 3. The molecule has 150 valence electrons. The molecular weight excluding hydrogens is 409 g/mol. The number of pyridine rings is 1. The standard InChI is InChI=1S/C21H20FN3O2S2/c1-2-3-11-25-20(26)18-17(16-5-4-10-23-19(16)29-18)24-21(25)28-13-12-27-15-8-6-14(22)7-9-15/h4-10H,2-3,11-13H2,1H3. The van der Waals surface area contributed by atoms with Gasteiger partial charge in [0.2, 0.25) is 0 Å². The lowest BCUT2D eigenvalue weighted by molar-refractivity contribution is 0.343. The number of halogens is 1. The highest BCUT2D eigenvalue weighted by Gasteiger charge is 2.16. The van der Waals surface area contributed by atoms with Crippen molar-refractivity contribution in [2.45, 2.75) is 31.5 Å². The number of hydrogen-bond donors (Lipinski definition) is 0. The molecule has 0 aliphatic heterocycles. The molecule has 29 heavy (non-hydrogen) atoms. The number of thioether (sulfide) groups is 1. The molecule has 0 spiro atoms. The average Bonchev–Trinajstić information content (AvgIpc) is 3.11. The van der Waals surface area contributed by atoms with Crippen molar-refractivity contribution >= 4 is 43.5 Å². The molecule has 0 amide bonds. The van der Waals surface area contributed by atoms with Crippen molar-refractivity contribution in [2.75, 3.05) is 12.4 Å². The summed E-state index contributed by atoms with van der Waals surface area (Å²) >= 11 is 2.90. The van der Waals surface area contributed by atoms with Crippen LogP contribution in [-0.4, -0.2) is 26.9 Å². The van der Waals surface area contributed by atoms with E-state index < -0.39 is 0 Å². The molecule has 0 atom stereocenters. The van der Waals surface area contributed by atoms with Crippen molar-refractivity contribution in [3.63, 3.8) is 0 Å². The lowest BCUT2D eigenvalue weighted by Gasteiger charge is -2.12. The molecule has 0 saturated carbocycles. The summed E-state index contributed by atoms with van der Waals surface area (Å²) in [5, 5.41) is 1.61. The second kappa shape index (κ2) is 8.92. The molecule has 4 rings (SSSR count). The van der Waals surface area contributed by atoms with E-state index in [4.69, 9.17) is 9.72 Å². The van der Waals surface area contributed by atoms with Crippen LogP contribution in [0.1, 0.15) is 19.8 Å². The third-order valence-electron chi connectivity index (χ3n) is 4.45. The van der Waals surface area contributed by atoms with Crippen molar-refractivity contribution in [2.24, 2.45) is 0 Å². The molecule has 1 aromatic carbocycles. The van der Waals surface area contributed by atoms with Gasteiger partial charge in [0.05, 0.1) is 12.1 Å². The van der Waals surface area contributed by atoms with Gasteiger partial charge in [-0.15, -0.1) is 11.3 Å². The highest BCUT2D eigenvalue weighted by atomic mass is 32.2. The number of thiophene rings is 1. The number of ether oxygens (including phenoxy) is 1. The maximum atomic E-state index is 13.1. The van der Waals surface area contributed by atoms with Gasteiger partial charge in [-0.25, -0.2) is 14.4 Å². The Morgan fingerprint density at radius 2 is 2.07 bits per heavy atom. The second-order valence-electron chi connectivity index (χ2n) is 6.49. The summed E-state index contributed by atoms with van der Waals surface area (Å²) in [7, 11) is 0. The maximum absolute atomic E-state index is 13.1. The summed E-state index contributed by atoms with van der Waals surface area (Å²) in [6.07, 6.45) is 3.64. The number of benzene rings is 1. The van der Waals surface area contributed by atoms with Crippen LogP contribution in [0.3, 0.4) is 0 Å². The van der Waals surface area contributed by atoms with Gasteiger partial charge in [0, 0.05) is 23.9 Å². The molecule has 0 saturated heterocycles. The van der Waals surface area contributed by atoms with Crippen LogP contribution in [0.2, 0.25) is 0 Å². The Kier molecular flexibility index (Phi) is 6.10. The first kappa shape index (κ1) is 19.8. The van der Waals surface area contributed by atoms with Gasteiger partial charge < -0.3 is 4.74 Å². The van der Waals surface area contributed by atoms with Gasteiger partial charge in [0.1, 0.15) is 21.1 Å².